The van der Waals surface area contributed by atoms with Crippen LogP contribution in [0.4, 0.5) is 34.1 Å². The quantitative estimate of drug-likeness (QED) is 0.100. The number of rotatable bonds is 14. The third-order valence-electron chi connectivity index (χ3n) is 23.9. The molecule has 0 radical (unpaired) electrons. The van der Waals surface area contributed by atoms with E-state index in [4.69, 9.17) is 0 Å². The molecule has 0 saturated carbocycles. The fourth-order valence-electron chi connectivity index (χ4n) is 18.6. The van der Waals surface area contributed by atoms with Crippen molar-refractivity contribution in [2.75, 3.05) is 9.80 Å². The van der Waals surface area contributed by atoms with E-state index in [0.29, 0.717) is 0 Å². The Morgan fingerprint density at radius 3 is 0.615 bits per heavy atom. The van der Waals surface area contributed by atoms with E-state index in [-0.39, 0.29) is 23.0 Å². The molecule has 562 valence electrons. The number of hydrogen-bond acceptors (Lipinski definition) is 2. The highest BCUT2D eigenvalue weighted by Gasteiger charge is 2.47. The van der Waals surface area contributed by atoms with Crippen LogP contribution in [0.25, 0.3) is 134 Å². The molecular weight excluding hydrogens is 1410 g/mol. The monoisotopic (exact) mass is 1500 g/mol. The van der Waals surface area contributed by atoms with E-state index in [2.05, 4.69) is 472 Å². The van der Waals surface area contributed by atoms with Crippen LogP contribution < -0.4 is 26.2 Å². The van der Waals surface area contributed by atoms with Gasteiger partial charge in [-0.15, -0.1) is 0 Å². The molecule has 0 bridgehead atoms. The summed E-state index contributed by atoms with van der Waals surface area (Å²) >= 11 is 0. The summed E-state index contributed by atoms with van der Waals surface area (Å²) in [5, 5.41) is 0. The first kappa shape index (κ1) is 73.6. The molecule has 17 aromatic rings. The minimum atomic E-state index is -0.353. The second-order valence-electron chi connectivity index (χ2n) is 34.7. The summed E-state index contributed by atoms with van der Waals surface area (Å²) in [5.41, 5.74) is 41.3. The van der Waals surface area contributed by atoms with E-state index >= 15 is 0 Å². The average Bonchev–Trinajstić information content (AvgIpc) is 0.684. The van der Waals surface area contributed by atoms with Crippen molar-refractivity contribution < 1.29 is 0 Å². The number of hydrogen-bond donors (Lipinski definition) is 0. The molecule has 0 fully saturated rings. The molecule has 0 aliphatic carbocycles. The lowest BCUT2D eigenvalue weighted by molar-refractivity contribution is 0.590. The summed E-state index contributed by atoms with van der Waals surface area (Å²) in [4.78, 5) is 5.44. The summed E-state index contributed by atoms with van der Waals surface area (Å²) in [6, 6.07) is 151. The Balaban J connectivity index is 0.959. The van der Waals surface area contributed by atoms with Crippen molar-refractivity contribution in [3.05, 3.63) is 417 Å². The second kappa shape index (κ2) is 30.0. The molecule has 0 spiro atoms. The maximum Gasteiger partial charge on any atom is 0.252 e. The van der Waals surface area contributed by atoms with Crippen molar-refractivity contribution in [1.29, 1.82) is 0 Å². The van der Waals surface area contributed by atoms with Gasteiger partial charge in [-0.3, -0.25) is 0 Å². The van der Waals surface area contributed by atoms with Gasteiger partial charge in [0, 0.05) is 45.0 Å². The van der Waals surface area contributed by atoms with Crippen LogP contribution in [0, 0.1) is 0 Å². The number of anilines is 6. The van der Waals surface area contributed by atoms with Gasteiger partial charge in [0.15, 0.2) is 0 Å². The zero-order valence-electron chi connectivity index (χ0n) is 68.1. The minimum absolute atomic E-state index is 0.210. The van der Waals surface area contributed by atoms with Crippen molar-refractivity contribution in [2.24, 2.45) is 0 Å². The highest BCUT2D eigenvalue weighted by Crippen LogP contribution is 2.57. The first-order chi connectivity index (χ1) is 57.0. The molecule has 0 N–H and O–H groups in total. The van der Waals surface area contributed by atoms with Crippen LogP contribution in [0.15, 0.2) is 400 Å². The standard InChI is InChI=1S/C114H93BN2/c1-112(2,3)92-74-105-109-106(75-92)117(111-99(84-56-36-18-37-57-84)70-91(71-100(111)85-58-38-19-39-59-85)89-66-95(80-48-28-14-29-49-80)108(114(7,8)9)96(67-89)81-50-30-15-31-51-81)104-63-61-87(77-42-22-11-23-43-77)73-102(104)115(109)101-72-86(76-40-20-10-21-41-76)60-62-103(101)116(105)110-97(82-52-32-16-33-53-82)68-90(69-98(110)83-54-34-17-35-55-83)88-64-93(78-44-24-12-25-45-78)107(113(4,5)6)94(65-88)79-46-26-13-27-47-79/h10-75H,1-9H3. The van der Waals surface area contributed by atoms with Crippen molar-refractivity contribution >= 4 is 57.2 Å². The molecule has 2 nitrogen and oxygen atoms in total. The zero-order chi connectivity index (χ0) is 79.7. The molecule has 2 heterocycles. The smallest absolute Gasteiger partial charge is 0.252 e. The number of nitrogens with zero attached hydrogens (tertiary/aromatic N) is 2. The van der Waals surface area contributed by atoms with E-state index in [0.717, 1.165) is 123 Å². The normalized spacial score (nSPS) is 12.4. The number of benzene rings is 17. The van der Waals surface area contributed by atoms with E-state index in [1.807, 2.05) is 0 Å². The van der Waals surface area contributed by atoms with Gasteiger partial charge in [0.1, 0.15) is 0 Å². The van der Waals surface area contributed by atoms with Crippen LogP contribution in [-0.4, -0.2) is 6.71 Å². The molecule has 19 rings (SSSR count). The SMILES string of the molecule is CC(C)(C)c1cc2c3c(c1)N(c1c(-c4ccccc4)cc(-c4cc(-c5ccccc5)c(C(C)(C)C)c(-c5ccccc5)c4)cc1-c1ccccc1)c1ccc(-c4ccccc4)cc1B3c1cc(-c3ccccc3)ccc1N2c1c(-c2ccccc2)cc(-c2cc(-c3ccccc3)c(C(C)(C)C)c(-c3ccccc3)c2)cc1-c1ccccc1. The van der Waals surface area contributed by atoms with Gasteiger partial charge < -0.3 is 9.80 Å². The third kappa shape index (κ3) is 13.7. The van der Waals surface area contributed by atoms with E-state index in [1.165, 1.54) is 77.6 Å². The Morgan fingerprint density at radius 1 is 0.179 bits per heavy atom. The summed E-state index contributed by atoms with van der Waals surface area (Å²) in [6.07, 6.45) is 0. The Labute approximate surface area is 691 Å². The Hall–Kier alpha value is -13.6. The van der Waals surface area contributed by atoms with Gasteiger partial charge in [-0.1, -0.05) is 390 Å². The van der Waals surface area contributed by atoms with Crippen molar-refractivity contribution in [1.82, 2.24) is 0 Å². The average molecular weight is 1500 g/mol. The van der Waals surface area contributed by atoms with Crippen molar-refractivity contribution in [3.8, 4) is 134 Å². The molecule has 0 saturated heterocycles. The largest absolute Gasteiger partial charge is 0.310 e. The van der Waals surface area contributed by atoms with Crippen LogP contribution >= 0.6 is 0 Å². The van der Waals surface area contributed by atoms with Crippen LogP contribution in [0.1, 0.15) is 79.0 Å². The predicted molar refractivity (Wildman–Crippen MR) is 502 cm³/mol. The van der Waals surface area contributed by atoms with Gasteiger partial charge in [-0.2, -0.15) is 0 Å². The van der Waals surface area contributed by atoms with Crippen LogP contribution in [0.3, 0.4) is 0 Å². The van der Waals surface area contributed by atoms with Gasteiger partial charge in [0.05, 0.1) is 11.4 Å². The summed E-state index contributed by atoms with van der Waals surface area (Å²) in [5.74, 6) is 0. The molecule has 0 unspecified atom stereocenters. The summed E-state index contributed by atoms with van der Waals surface area (Å²) < 4.78 is 0. The molecule has 2 aliphatic heterocycles. The maximum absolute atomic E-state index is 2.72. The molecule has 3 heteroatoms. The Morgan fingerprint density at radius 2 is 0.393 bits per heavy atom. The molecule has 2 aliphatic rings. The van der Waals surface area contributed by atoms with Gasteiger partial charge in [0.25, 0.3) is 6.71 Å². The second-order valence-corrected chi connectivity index (χ2v) is 34.7. The maximum atomic E-state index is 2.72. The molecule has 17 aromatic carbocycles. The molecule has 117 heavy (non-hydrogen) atoms. The van der Waals surface area contributed by atoms with Gasteiger partial charge in [-0.25, -0.2) is 0 Å². The highest BCUT2D eigenvalue weighted by atomic mass is 15.2. The Bertz CT molecular complexity index is 5910. The topological polar surface area (TPSA) is 6.48 Å². The Kier molecular flexibility index (Phi) is 18.9. The number of fused-ring (bicyclic) bond motifs is 4. The van der Waals surface area contributed by atoms with E-state index in [1.54, 1.807) is 0 Å². The molecule has 0 aromatic heterocycles. The zero-order valence-corrected chi connectivity index (χ0v) is 68.1. The summed E-state index contributed by atoms with van der Waals surface area (Å²) in [7, 11) is 0. The molecule has 0 amide bonds. The molecular formula is C114H93BN2. The fourth-order valence-corrected chi connectivity index (χ4v) is 18.6. The lowest BCUT2D eigenvalue weighted by Crippen LogP contribution is -2.61. The van der Waals surface area contributed by atoms with Crippen LogP contribution in [-0.2, 0) is 16.2 Å². The first-order valence-electron chi connectivity index (χ1n) is 41.3. The van der Waals surface area contributed by atoms with Crippen molar-refractivity contribution in [3.63, 3.8) is 0 Å². The van der Waals surface area contributed by atoms with E-state index < -0.39 is 0 Å². The summed E-state index contributed by atoms with van der Waals surface area (Å²) in [6.45, 7) is 21.1. The van der Waals surface area contributed by atoms with Gasteiger partial charge >= 0.3 is 0 Å². The predicted octanol–water partition coefficient (Wildman–Crippen LogP) is 29.7. The van der Waals surface area contributed by atoms with Gasteiger partial charge in [-0.05, 0) is 233 Å². The lowest BCUT2D eigenvalue weighted by Gasteiger charge is -2.46. The lowest BCUT2D eigenvalue weighted by atomic mass is 9.33. The van der Waals surface area contributed by atoms with E-state index in [9.17, 15) is 0 Å². The molecule has 0 atom stereocenters. The third-order valence-corrected chi connectivity index (χ3v) is 23.9. The minimum Gasteiger partial charge on any atom is -0.310 e. The highest BCUT2D eigenvalue weighted by molar-refractivity contribution is 7.00. The first-order valence-corrected chi connectivity index (χ1v) is 41.3. The van der Waals surface area contributed by atoms with Crippen molar-refractivity contribution in [2.45, 2.75) is 78.6 Å². The fraction of sp³-hybridized carbons (Fsp3) is 0.105. The van der Waals surface area contributed by atoms with Crippen LogP contribution in [0.5, 0.6) is 0 Å². The van der Waals surface area contributed by atoms with Gasteiger partial charge in [0.2, 0.25) is 0 Å². The van der Waals surface area contributed by atoms with Crippen LogP contribution in [0.2, 0.25) is 0 Å².